The Morgan fingerprint density at radius 1 is 1.05 bits per heavy atom. The Balaban J connectivity index is 1.18. The summed E-state index contributed by atoms with van der Waals surface area (Å²) in [5.41, 5.74) is 4.86. The molecular weight excluding hydrogens is 522 g/mol. The molecule has 41 heavy (non-hydrogen) atoms. The number of nitrogens with one attached hydrogen (secondary N) is 1. The van der Waals surface area contributed by atoms with E-state index in [0.29, 0.717) is 17.9 Å². The fraction of sp³-hybridized carbons (Fsp3) is 0.467. The van der Waals surface area contributed by atoms with Crippen LogP contribution in [0.15, 0.2) is 41.2 Å². The van der Waals surface area contributed by atoms with E-state index < -0.39 is 0 Å². The number of pyridine rings is 1. The van der Waals surface area contributed by atoms with Crippen LogP contribution >= 0.6 is 0 Å². The molecule has 2 aromatic heterocycles. The van der Waals surface area contributed by atoms with Gasteiger partial charge in [-0.2, -0.15) is 0 Å². The number of piperazine rings is 1. The Labute approximate surface area is 238 Å². The molecule has 2 atom stereocenters. The molecule has 4 aromatic rings. The van der Waals surface area contributed by atoms with Gasteiger partial charge in [0.05, 0.1) is 18.2 Å². The highest BCUT2D eigenvalue weighted by Gasteiger charge is 2.33. The summed E-state index contributed by atoms with van der Waals surface area (Å²) in [5.74, 6) is 2.28. The van der Waals surface area contributed by atoms with Crippen molar-refractivity contribution in [2.24, 2.45) is 0 Å². The third-order valence-electron chi connectivity index (χ3n) is 8.69. The van der Waals surface area contributed by atoms with Crippen LogP contribution in [-0.2, 0) is 17.8 Å². The molecule has 3 aliphatic rings. The number of aromatic amines is 1. The van der Waals surface area contributed by atoms with Crippen LogP contribution in [0.1, 0.15) is 47.0 Å². The van der Waals surface area contributed by atoms with Crippen molar-refractivity contribution in [3.05, 3.63) is 74.8 Å². The molecule has 2 fully saturated rings. The van der Waals surface area contributed by atoms with Crippen LogP contribution in [0.3, 0.4) is 0 Å². The van der Waals surface area contributed by atoms with Crippen molar-refractivity contribution in [3.8, 4) is 11.5 Å². The van der Waals surface area contributed by atoms with E-state index in [4.69, 9.17) is 14.2 Å². The first-order chi connectivity index (χ1) is 20.0. The first-order valence-corrected chi connectivity index (χ1v) is 14.4. The van der Waals surface area contributed by atoms with Gasteiger partial charge in [0, 0.05) is 44.9 Å². The van der Waals surface area contributed by atoms with Crippen LogP contribution in [0, 0.1) is 13.8 Å². The second kappa shape index (κ2) is 10.9. The fourth-order valence-corrected chi connectivity index (χ4v) is 6.24. The normalized spacial score (nSPS) is 20.2. The molecule has 7 rings (SSSR count). The number of tetrazole rings is 1. The van der Waals surface area contributed by atoms with Crippen molar-refractivity contribution < 1.29 is 14.2 Å². The maximum absolute atomic E-state index is 13.7. The van der Waals surface area contributed by atoms with E-state index in [2.05, 4.69) is 61.5 Å². The number of benzene rings is 2. The number of H-pyrrole nitrogens is 1. The zero-order valence-electron chi connectivity index (χ0n) is 23.5. The smallest absolute Gasteiger partial charge is 0.253 e. The van der Waals surface area contributed by atoms with Crippen LogP contribution in [0.4, 0.5) is 0 Å². The molecule has 0 aliphatic carbocycles. The van der Waals surface area contributed by atoms with Gasteiger partial charge in [0.2, 0.25) is 6.79 Å². The van der Waals surface area contributed by atoms with Crippen LogP contribution in [0.5, 0.6) is 11.5 Å². The lowest BCUT2D eigenvalue weighted by molar-refractivity contribution is 0.0840. The summed E-state index contributed by atoms with van der Waals surface area (Å²) < 4.78 is 18.8. The number of aryl methyl sites for hydroxylation is 2. The zero-order valence-corrected chi connectivity index (χ0v) is 23.5. The molecule has 214 valence electrons. The van der Waals surface area contributed by atoms with E-state index in [-0.39, 0.29) is 24.5 Å². The molecule has 0 saturated carbocycles. The molecule has 11 heteroatoms. The molecule has 1 N–H and O–H groups in total. The summed E-state index contributed by atoms with van der Waals surface area (Å²) in [5, 5.41) is 13.9. The molecule has 2 saturated heterocycles. The quantitative estimate of drug-likeness (QED) is 0.367. The molecule has 5 heterocycles. The minimum absolute atomic E-state index is 0.0805. The van der Waals surface area contributed by atoms with Crippen molar-refractivity contribution in [2.75, 3.05) is 39.6 Å². The standard InChI is InChI=1S/C30H35N7O4/c1-19-5-7-22-15-24(30(38)31-27(22)20(19)2)28(29-32-33-34-37(29)17-23-4-3-13-39-23)36-11-9-35(10-12-36)16-21-6-8-25-26(14-21)41-18-40-25/h5-8,14-15,23,28H,3-4,9-13,16-18H2,1-2H3,(H,31,38)/t23-,28-/m0/s1. The predicted octanol–water partition coefficient (Wildman–Crippen LogP) is 2.95. The Kier molecular flexibility index (Phi) is 6.93. The summed E-state index contributed by atoms with van der Waals surface area (Å²) in [4.78, 5) is 21.7. The van der Waals surface area contributed by atoms with Crippen molar-refractivity contribution in [2.45, 2.75) is 51.9 Å². The van der Waals surface area contributed by atoms with Gasteiger partial charge < -0.3 is 19.2 Å². The molecule has 3 aliphatic heterocycles. The lowest BCUT2D eigenvalue weighted by atomic mass is 9.99. The number of rotatable bonds is 7. The molecular formula is C30H35N7O4. The highest BCUT2D eigenvalue weighted by Crippen LogP contribution is 2.33. The summed E-state index contributed by atoms with van der Waals surface area (Å²) in [6, 6.07) is 12.0. The topological polar surface area (TPSA) is 111 Å². The van der Waals surface area contributed by atoms with Crippen molar-refractivity contribution >= 4 is 10.9 Å². The first-order valence-electron chi connectivity index (χ1n) is 14.4. The first kappa shape index (κ1) is 26.1. The molecule has 0 bridgehead atoms. The third kappa shape index (κ3) is 5.09. The summed E-state index contributed by atoms with van der Waals surface area (Å²) in [6.45, 7) is 9.79. The predicted molar refractivity (Wildman–Crippen MR) is 152 cm³/mol. The Morgan fingerprint density at radius 2 is 1.90 bits per heavy atom. The van der Waals surface area contributed by atoms with Gasteiger partial charge in [-0.05, 0) is 77.4 Å². The van der Waals surface area contributed by atoms with Gasteiger partial charge in [0.15, 0.2) is 17.3 Å². The van der Waals surface area contributed by atoms with Gasteiger partial charge in [-0.25, -0.2) is 4.68 Å². The zero-order chi connectivity index (χ0) is 27.9. The van der Waals surface area contributed by atoms with E-state index in [1.54, 1.807) is 0 Å². The highest BCUT2D eigenvalue weighted by atomic mass is 16.7. The summed E-state index contributed by atoms with van der Waals surface area (Å²) >= 11 is 0. The van der Waals surface area contributed by atoms with Crippen molar-refractivity contribution in [1.82, 2.24) is 35.0 Å². The number of aromatic nitrogens is 5. The van der Waals surface area contributed by atoms with E-state index in [9.17, 15) is 4.79 Å². The van der Waals surface area contributed by atoms with Gasteiger partial charge in [0.25, 0.3) is 5.56 Å². The number of fused-ring (bicyclic) bond motifs is 2. The lowest BCUT2D eigenvalue weighted by Gasteiger charge is -2.38. The number of ether oxygens (including phenoxy) is 3. The van der Waals surface area contributed by atoms with E-state index in [0.717, 1.165) is 85.7 Å². The Morgan fingerprint density at radius 3 is 2.73 bits per heavy atom. The van der Waals surface area contributed by atoms with Crippen molar-refractivity contribution in [3.63, 3.8) is 0 Å². The van der Waals surface area contributed by atoms with E-state index in [1.165, 1.54) is 5.56 Å². The molecule has 0 unspecified atom stereocenters. The second-order valence-corrected chi connectivity index (χ2v) is 11.3. The number of hydrogen-bond donors (Lipinski definition) is 1. The third-order valence-corrected chi connectivity index (χ3v) is 8.69. The minimum atomic E-state index is -0.381. The van der Waals surface area contributed by atoms with Gasteiger partial charge in [-0.15, -0.1) is 5.10 Å². The average molecular weight is 558 g/mol. The van der Waals surface area contributed by atoms with Crippen LogP contribution in [-0.4, -0.2) is 80.7 Å². The van der Waals surface area contributed by atoms with E-state index >= 15 is 0 Å². The van der Waals surface area contributed by atoms with Crippen LogP contribution in [0.25, 0.3) is 10.9 Å². The van der Waals surface area contributed by atoms with Crippen LogP contribution in [0.2, 0.25) is 0 Å². The average Bonchev–Trinajstić information content (AvgIpc) is 3.76. The van der Waals surface area contributed by atoms with Gasteiger partial charge in [0.1, 0.15) is 6.04 Å². The highest BCUT2D eigenvalue weighted by molar-refractivity contribution is 5.83. The maximum atomic E-state index is 13.7. The van der Waals surface area contributed by atoms with Gasteiger partial charge in [-0.1, -0.05) is 18.2 Å². The number of nitrogens with zero attached hydrogens (tertiary/aromatic N) is 6. The van der Waals surface area contributed by atoms with E-state index in [1.807, 2.05) is 23.7 Å². The monoisotopic (exact) mass is 557 g/mol. The summed E-state index contributed by atoms with van der Waals surface area (Å²) in [6.07, 6.45) is 2.11. The maximum Gasteiger partial charge on any atom is 0.253 e. The second-order valence-electron chi connectivity index (χ2n) is 11.3. The molecule has 2 aromatic carbocycles. The van der Waals surface area contributed by atoms with Crippen LogP contribution < -0.4 is 15.0 Å². The van der Waals surface area contributed by atoms with Gasteiger partial charge in [-0.3, -0.25) is 14.6 Å². The largest absolute Gasteiger partial charge is 0.454 e. The SMILES string of the molecule is Cc1ccc2cc([C@@H](c3nnnn3C[C@@H]3CCCO3)N3CCN(Cc4ccc5c(c4)OCO5)CC3)c(=O)[nH]c2c1C. The summed E-state index contributed by atoms with van der Waals surface area (Å²) in [7, 11) is 0. The van der Waals surface area contributed by atoms with Crippen molar-refractivity contribution in [1.29, 1.82) is 0 Å². The minimum Gasteiger partial charge on any atom is -0.454 e. The van der Waals surface area contributed by atoms with Gasteiger partial charge >= 0.3 is 0 Å². The molecule has 0 radical (unpaired) electrons. The molecule has 0 spiro atoms. The fourth-order valence-electron chi connectivity index (χ4n) is 6.24. The Hall–Kier alpha value is -3.80. The number of hydrogen-bond acceptors (Lipinski definition) is 9. The molecule has 0 amide bonds. The lowest BCUT2D eigenvalue weighted by Crippen LogP contribution is -2.48. The molecule has 11 nitrogen and oxygen atoms in total. The Bertz CT molecular complexity index is 1620.